The smallest absolute Gasteiger partial charge is 0.0483 e. The molecule has 0 aliphatic heterocycles. The summed E-state index contributed by atoms with van der Waals surface area (Å²) in [5.41, 5.74) is 0. The van der Waals surface area contributed by atoms with Crippen LogP contribution in [0.5, 0.6) is 0 Å². The molecule has 0 saturated heterocycles. The van der Waals surface area contributed by atoms with E-state index in [-0.39, 0.29) is 19.1 Å². The van der Waals surface area contributed by atoms with Gasteiger partial charge in [0.1, 0.15) is 0 Å². The Morgan fingerprint density at radius 1 is 0.750 bits per heavy atom. The van der Waals surface area contributed by atoms with Gasteiger partial charge in [0.15, 0.2) is 0 Å². The zero-order valence-electron chi connectivity index (χ0n) is 10.3. The molecule has 0 radical (unpaired) electrons. The first kappa shape index (κ1) is 12.4. The van der Waals surface area contributed by atoms with Gasteiger partial charge < -0.3 is 10.2 Å². The van der Waals surface area contributed by atoms with Crippen LogP contribution in [-0.4, -0.2) is 23.4 Å². The van der Waals surface area contributed by atoms with Gasteiger partial charge in [-0.2, -0.15) is 0 Å². The number of aliphatic hydroxyl groups is 2. The maximum absolute atomic E-state index is 9.20. The van der Waals surface area contributed by atoms with Crippen molar-refractivity contribution < 1.29 is 10.2 Å². The van der Waals surface area contributed by atoms with Crippen LogP contribution in [0.25, 0.3) is 0 Å². The predicted octanol–water partition coefficient (Wildman–Crippen LogP) is 2.58. The first-order chi connectivity index (χ1) is 7.85. The molecule has 0 heterocycles. The van der Waals surface area contributed by atoms with Crippen LogP contribution in [0.2, 0.25) is 0 Å². The Hall–Kier alpha value is -0.0800. The molecule has 2 heteroatoms. The first-order valence-corrected chi connectivity index (χ1v) is 7.07. The third-order valence-electron chi connectivity index (χ3n) is 5.02. The van der Waals surface area contributed by atoms with Crippen molar-refractivity contribution in [3.05, 3.63) is 0 Å². The SMILES string of the molecule is OCC(CO)C1CCC(C2CCCC2)CC1. The zero-order chi connectivity index (χ0) is 11.4. The van der Waals surface area contributed by atoms with Crippen molar-refractivity contribution in [2.45, 2.75) is 51.4 Å². The van der Waals surface area contributed by atoms with E-state index in [1.165, 1.54) is 51.4 Å². The minimum Gasteiger partial charge on any atom is -0.396 e. The third-order valence-corrected chi connectivity index (χ3v) is 5.02. The molecule has 0 amide bonds. The lowest BCUT2D eigenvalue weighted by molar-refractivity contribution is 0.0716. The van der Waals surface area contributed by atoms with Crippen LogP contribution in [0.1, 0.15) is 51.4 Å². The van der Waals surface area contributed by atoms with E-state index >= 15 is 0 Å². The van der Waals surface area contributed by atoms with Gasteiger partial charge in [0.2, 0.25) is 0 Å². The Morgan fingerprint density at radius 3 is 1.75 bits per heavy atom. The molecule has 2 aliphatic carbocycles. The summed E-state index contributed by atoms with van der Waals surface area (Å²) in [6, 6.07) is 0. The lowest BCUT2D eigenvalue weighted by Crippen LogP contribution is -2.28. The maximum Gasteiger partial charge on any atom is 0.0483 e. The second-order valence-electron chi connectivity index (χ2n) is 5.84. The van der Waals surface area contributed by atoms with Crippen LogP contribution >= 0.6 is 0 Å². The van der Waals surface area contributed by atoms with Crippen molar-refractivity contribution >= 4 is 0 Å². The molecule has 0 aromatic rings. The van der Waals surface area contributed by atoms with E-state index in [1.807, 2.05) is 0 Å². The van der Waals surface area contributed by atoms with Crippen molar-refractivity contribution in [3.8, 4) is 0 Å². The fourth-order valence-electron chi connectivity index (χ4n) is 3.87. The molecule has 0 spiro atoms. The topological polar surface area (TPSA) is 40.5 Å². The largest absolute Gasteiger partial charge is 0.396 e. The first-order valence-electron chi connectivity index (χ1n) is 7.07. The number of hydrogen-bond donors (Lipinski definition) is 2. The van der Waals surface area contributed by atoms with Crippen LogP contribution < -0.4 is 0 Å². The number of rotatable bonds is 4. The second-order valence-corrected chi connectivity index (χ2v) is 5.84. The van der Waals surface area contributed by atoms with Crippen molar-refractivity contribution in [1.29, 1.82) is 0 Å². The quantitative estimate of drug-likeness (QED) is 0.773. The van der Waals surface area contributed by atoms with Crippen molar-refractivity contribution in [2.75, 3.05) is 13.2 Å². The zero-order valence-corrected chi connectivity index (χ0v) is 10.3. The van der Waals surface area contributed by atoms with E-state index < -0.39 is 0 Å². The van der Waals surface area contributed by atoms with Gasteiger partial charge in [-0.1, -0.05) is 25.7 Å². The standard InChI is InChI=1S/C14H26O2/c15-9-14(10-16)13-7-5-12(6-8-13)11-3-1-2-4-11/h11-16H,1-10H2. The lowest BCUT2D eigenvalue weighted by Gasteiger charge is -2.35. The summed E-state index contributed by atoms with van der Waals surface area (Å²) < 4.78 is 0. The summed E-state index contributed by atoms with van der Waals surface area (Å²) in [6.45, 7) is 0.324. The number of hydrogen-bond acceptors (Lipinski definition) is 2. The molecule has 2 rings (SSSR count). The van der Waals surface area contributed by atoms with Crippen molar-refractivity contribution in [2.24, 2.45) is 23.7 Å². The van der Waals surface area contributed by atoms with Crippen LogP contribution in [0.4, 0.5) is 0 Å². The Bertz CT molecular complexity index is 177. The highest BCUT2D eigenvalue weighted by atomic mass is 16.3. The molecule has 2 fully saturated rings. The van der Waals surface area contributed by atoms with Gasteiger partial charge in [-0.25, -0.2) is 0 Å². The van der Waals surface area contributed by atoms with Gasteiger partial charge in [-0.05, 0) is 43.4 Å². The molecule has 2 N–H and O–H groups in total. The van der Waals surface area contributed by atoms with E-state index in [0.29, 0.717) is 5.92 Å². The average Bonchev–Trinajstić information content (AvgIpc) is 2.85. The van der Waals surface area contributed by atoms with E-state index in [2.05, 4.69) is 0 Å². The minimum atomic E-state index is 0.143. The van der Waals surface area contributed by atoms with Crippen LogP contribution in [0, 0.1) is 23.7 Å². The molecular formula is C14H26O2. The van der Waals surface area contributed by atoms with Crippen LogP contribution in [0.3, 0.4) is 0 Å². The Kier molecular flexibility index (Phi) is 4.66. The number of aliphatic hydroxyl groups excluding tert-OH is 2. The van der Waals surface area contributed by atoms with E-state index in [4.69, 9.17) is 0 Å². The molecule has 2 nitrogen and oxygen atoms in total. The molecule has 0 unspecified atom stereocenters. The van der Waals surface area contributed by atoms with Gasteiger partial charge in [0, 0.05) is 19.1 Å². The van der Waals surface area contributed by atoms with Gasteiger partial charge in [-0.15, -0.1) is 0 Å². The summed E-state index contributed by atoms with van der Waals surface area (Å²) in [5, 5.41) is 18.4. The van der Waals surface area contributed by atoms with Crippen molar-refractivity contribution in [1.82, 2.24) is 0 Å². The van der Waals surface area contributed by atoms with Crippen LogP contribution in [-0.2, 0) is 0 Å². The van der Waals surface area contributed by atoms with E-state index in [9.17, 15) is 10.2 Å². The van der Waals surface area contributed by atoms with E-state index in [1.54, 1.807) is 0 Å². The summed E-state index contributed by atoms with van der Waals surface area (Å²) >= 11 is 0. The van der Waals surface area contributed by atoms with E-state index in [0.717, 1.165) is 11.8 Å². The highest BCUT2D eigenvalue weighted by Crippen LogP contribution is 2.42. The summed E-state index contributed by atoms with van der Waals surface area (Å²) in [5.74, 6) is 2.68. The highest BCUT2D eigenvalue weighted by molar-refractivity contribution is 4.82. The second kappa shape index (κ2) is 6.02. The molecule has 0 bridgehead atoms. The molecule has 0 aromatic carbocycles. The molecule has 2 aliphatic rings. The Balaban J connectivity index is 1.77. The fraction of sp³-hybridized carbons (Fsp3) is 1.00. The van der Waals surface area contributed by atoms with Gasteiger partial charge in [0.25, 0.3) is 0 Å². The minimum absolute atomic E-state index is 0.143. The van der Waals surface area contributed by atoms with Crippen molar-refractivity contribution in [3.63, 3.8) is 0 Å². The molecule has 94 valence electrons. The normalized spacial score (nSPS) is 32.4. The predicted molar refractivity (Wildman–Crippen MR) is 65.1 cm³/mol. The Labute approximate surface area is 99.1 Å². The van der Waals surface area contributed by atoms with Gasteiger partial charge in [-0.3, -0.25) is 0 Å². The summed E-state index contributed by atoms with van der Waals surface area (Å²) in [4.78, 5) is 0. The van der Waals surface area contributed by atoms with Crippen LogP contribution in [0.15, 0.2) is 0 Å². The molecule has 0 aromatic heterocycles. The summed E-state index contributed by atoms with van der Waals surface area (Å²) in [7, 11) is 0. The molecular weight excluding hydrogens is 200 g/mol. The monoisotopic (exact) mass is 226 g/mol. The maximum atomic E-state index is 9.20. The Morgan fingerprint density at radius 2 is 1.25 bits per heavy atom. The van der Waals surface area contributed by atoms with Gasteiger partial charge in [0.05, 0.1) is 0 Å². The molecule has 2 saturated carbocycles. The highest BCUT2D eigenvalue weighted by Gasteiger charge is 2.31. The third kappa shape index (κ3) is 2.78. The summed E-state index contributed by atoms with van der Waals surface area (Å²) in [6.07, 6.45) is 10.9. The average molecular weight is 226 g/mol. The molecule has 16 heavy (non-hydrogen) atoms. The van der Waals surface area contributed by atoms with Gasteiger partial charge >= 0.3 is 0 Å². The lowest BCUT2D eigenvalue weighted by atomic mass is 9.72. The fourth-order valence-corrected chi connectivity index (χ4v) is 3.87. The molecule has 0 atom stereocenters.